The molecular formula is C12H13FINO3. The second-order valence-corrected chi connectivity index (χ2v) is 5.19. The third-order valence-corrected chi connectivity index (χ3v) is 3.22. The normalized spacial score (nSPS) is 11.8. The molecule has 1 atom stereocenters. The van der Waals surface area contributed by atoms with E-state index in [1.54, 1.807) is 13.0 Å². The van der Waals surface area contributed by atoms with Gasteiger partial charge in [0.1, 0.15) is 9.74 Å². The maximum Gasteiger partial charge on any atom is 0.320 e. The number of halogens is 2. The van der Waals surface area contributed by atoms with Crippen molar-refractivity contribution in [1.82, 2.24) is 5.32 Å². The largest absolute Gasteiger partial charge is 0.468 e. The van der Waals surface area contributed by atoms with Crippen LogP contribution in [0, 0.1) is 12.7 Å². The van der Waals surface area contributed by atoms with E-state index >= 15 is 0 Å². The van der Waals surface area contributed by atoms with Crippen LogP contribution in [0.15, 0.2) is 18.2 Å². The van der Waals surface area contributed by atoms with Crippen molar-refractivity contribution in [3.63, 3.8) is 0 Å². The van der Waals surface area contributed by atoms with E-state index in [-0.39, 0.29) is 12.1 Å². The minimum Gasteiger partial charge on any atom is -0.468 e. The molecular weight excluding hydrogens is 352 g/mol. The van der Waals surface area contributed by atoms with E-state index in [0.29, 0.717) is 0 Å². The lowest BCUT2D eigenvalue weighted by Crippen LogP contribution is -2.34. The van der Waals surface area contributed by atoms with Gasteiger partial charge in [-0.1, -0.05) is 28.7 Å². The second kappa shape index (κ2) is 6.67. The molecule has 0 heterocycles. The van der Waals surface area contributed by atoms with Gasteiger partial charge in [-0.05, 0) is 24.6 Å². The highest BCUT2D eigenvalue weighted by atomic mass is 127. The molecule has 6 heteroatoms. The Morgan fingerprint density at radius 3 is 2.72 bits per heavy atom. The zero-order valence-electron chi connectivity index (χ0n) is 10.00. The molecule has 0 aromatic heterocycles. The number of carbonyl (C=O) groups excluding carboxylic acids is 2. The Bertz CT molecular complexity index is 465. The van der Waals surface area contributed by atoms with E-state index in [2.05, 4.69) is 10.1 Å². The third-order valence-electron chi connectivity index (χ3n) is 2.27. The summed E-state index contributed by atoms with van der Waals surface area (Å²) in [5, 5.41) is 2.49. The number of rotatable bonds is 4. The van der Waals surface area contributed by atoms with Crippen LogP contribution in [0.4, 0.5) is 4.39 Å². The number of amides is 1. The Hall–Kier alpha value is -1.18. The van der Waals surface area contributed by atoms with Gasteiger partial charge in [-0.2, -0.15) is 0 Å². The molecule has 0 radical (unpaired) electrons. The van der Waals surface area contributed by atoms with Crippen LogP contribution >= 0.6 is 22.6 Å². The first-order valence-electron chi connectivity index (χ1n) is 5.22. The Labute approximate surface area is 118 Å². The van der Waals surface area contributed by atoms with Crippen molar-refractivity contribution in [3.05, 3.63) is 35.1 Å². The zero-order valence-corrected chi connectivity index (χ0v) is 12.2. The fourth-order valence-electron chi connectivity index (χ4n) is 1.29. The highest BCUT2D eigenvalue weighted by Gasteiger charge is 2.17. The second-order valence-electron chi connectivity index (χ2n) is 3.68. The number of hydrogen-bond acceptors (Lipinski definition) is 3. The summed E-state index contributed by atoms with van der Waals surface area (Å²) in [7, 11) is 1.27. The molecule has 1 rings (SSSR count). The van der Waals surface area contributed by atoms with Gasteiger partial charge >= 0.3 is 5.97 Å². The average molecular weight is 365 g/mol. The maximum absolute atomic E-state index is 13.5. The number of methoxy groups -OCH3 is 1. The quantitative estimate of drug-likeness (QED) is 0.503. The third kappa shape index (κ3) is 3.94. The van der Waals surface area contributed by atoms with Gasteiger partial charge in [0, 0.05) is 6.54 Å². The lowest BCUT2D eigenvalue weighted by Gasteiger charge is -2.10. The summed E-state index contributed by atoms with van der Waals surface area (Å²) in [6.45, 7) is 1.84. The first-order valence-corrected chi connectivity index (χ1v) is 6.46. The predicted octanol–water partition coefficient (Wildman–Crippen LogP) is 1.84. The van der Waals surface area contributed by atoms with Crippen LogP contribution in [0.2, 0.25) is 0 Å². The Morgan fingerprint density at radius 2 is 2.17 bits per heavy atom. The smallest absolute Gasteiger partial charge is 0.320 e. The molecule has 0 aliphatic heterocycles. The van der Waals surface area contributed by atoms with Gasteiger partial charge < -0.3 is 10.1 Å². The summed E-state index contributed by atoms with van der Waals surface area (Å²) >= 11 is 1.85. The average Bonchev–Trinajstić information content (AvgIpc) is 2.34. The van der Waals surface area contributed by atoms with Crippen LogP contribution < -0.4 is 5.32 Å². The summed E-state index contributed by atoms with van der Waals surface area (Å²) in [5.41, 5.74) is 0.708. The minimum atomic E-state index is -0.574. The molecule has 4 nitrogen and oxygen atoms in total. The molecule has 1 aromatic rings. The molecule has 1 unspecified atom stereocenters. The monoisotopic (exact) mass is 365 g/mol. The van der Waals surface area contributed by atoms with E-state index in [9.17, 15) is 14.0 Å². The van der Waals surface area contributed by atoms with E-state index in [1.165, 1.54) is 19.2 Å². The number of nitrogens with one attached hydrogen (secondary N) is 1. The standard InChI is InChI=1S/C12H13FINO3/c1-7-3-4-8(9(13)5-7)11(16)15-6-10(14)12(17)18-2/h3-5,10H,6H2,1-2H3,(H,15,16). The Balaban J connectivity index is 2.63. The van der Waals surface area contributed by atoms with Crippen LogP contribution in [0.3, 0.4) is 0 Å². The SMILES string of the molecule is COC(=O)C(I)CNC(=O)c1ccc(C)cc1F. The van der Waals surface area contributed by atoms with Crippen molar-refractivity contribution in [1.29, 1.82) is 0 Å². The number of esters is 1. The molecule has 0 saturated carbocycles. The molecule has 0 bridgehead atoms. The van der Waals surface area contributed by atoms with Crippen molar-refractivity contribution >= 4 is 34.5 Å². The van der Waals surface area contributed by atoms with Crippen LogP contribution in [-0.4, -0.2) is 29.5 Å². The van der Waals surface area contributed by atoms with Gasteiger partial charge in [0.05, 0.1) is 12.7 Å². The van der Waals surface area contributed by atoms with Crippen molar-refractivity contribution in [2.45, 2.75) is 10.8 Å². The van der Waals surface area contributed by atoms with Gasteiger partial charge in [0.15, 0.2) is 0 Å². The summed E-state index contributed by atoms with van der Waals surface area (Å²) < 4.78 is 17.5. The molecule has 0 fully saturated rings. The van der Waals surface area contributed by atoms with Crippen molar-refractivity contribution in [2.75, 3.05) is 13.7 Å². The number of hydrogen-bond donors (Lipinski definition) is 1. The van der Waals surface area contributed by atoms with Gasteiger partial charge in [-0.3, -0.25) is 9.59 Å². The van der Waals surface area contributed by atoms with E-state index in [0.717, 1.165) is 5.56 Å². The molecule has 98 valence electrons. The molecule has 18 heavy (non-hydrogen) atoms. The summed E-state index contributed by atoms with van der Waals surface area (Å²) in [5.74, 6) is -1.55. The van der Waals surface area contributed by atoms with E-state index in [4.69, 9.17) is 0 Å². The van der Waals surface area contributed by atoms with Crippen molar-refractivity contribution in [3.8, 4) is 0 Å². The number of alkyl halides is 1. The molecule has 1 amide bonds. The van der Waals surface area contributed by atoms with Crippen LogP contribution in [0.1, 0.15) is 15.9 Å². The molecule has 0 spiro atoms. The molecule has 1 N–H and O–H groups in total. The number of aryl methyl sites for hydroxylation is 1. The fraction of sp³-hybridized carbons (Fsp3) is 0.333. The molecule has 0 aliphatic carbocycles. The maximum atomic E-state index is 13.5. The summed E-state index contributed by atoms with van der Waals surface area (Å²) in [6, 6.07) is 4.36. The highest BCUT2D eigenvalue weighted by Crippen LogP contribution is 2.10. The van der Waals surface area contributed by atoms with E-state index < -0.39 is 21.6 Å². The van der Waals surface area contributed by atoms with E-state index in [1.807, 2.05) is 22.6 Å². The number of benzene rings is 1. The summed E-state index contributed by atoms with van der Waals surface area (Å²) in [4.78, 5) is 22.8. The first-order chi connectivity index (χ1) is 8.45. The van der Waals surface area contributed by atoms with Crippen molar-refractivity contribution < 1.29 is 18.7 Å². The lowest BCUT2D eigenvalue weighted by atomic mass is 10.1. The van der Waals surface area contributed by atoms with Gasteiger partial charge in [-0.15, -0.1) is 0 Å². The first kappa shape index (κ1) is 14.9. The fourth-order valence-corrected chi connectivity index (χ4v) is 1.77. The van der Waals surface area contributed by atoms with Crippen LogP contribution in [0.5, 0.6) is 0 Å². The number of ether oxygens (including phenoxy) is 1. The van der Waals surface area contributed by atoms with Gasteiger partial charge in [-0.25, -0.2) is 4.39 Å². The van der Waals surface area contributed by atoms with Crippen LogP contribution in [0.25, 0.3) is 0 Å². The topological polar surface area (TPSA) is 55.4 Å². The Morgan fingerprint density at radius 1 is 1.50 bits per heavy atom. The van der Waals surface area contributed by atoms with Crippen LogP contribution in [-0.2, 0) is 9.53 Å². The minimum absolute atomic E-state index is 0.0333. The molecule has 1 aromatic carbocycles. The zero-order chi connectivity index (χ0) is 13.7. The van der Waals surface area contributed by atoms with Gasteiger partial charge in [0.2, 0.25) is 0 Å². The lowest BCUT2D eigenvalue weighted by molar-refractivity contribution is -0.139. The molecule has 0 saturated heterocycles. The molecule has 0 aliphatic rings. The van der Waals surface area contributed by atoms with Gasteiger partial charge in [0.25, 0.3) is 5.91 Å². The van der Waals surface area contributed by atoms with Crippen molar-refractivity contribution in [2.24, 2.45) is 0 Å². The number of carbonyl (C=O) groups is 2. The Kier molecular flexibility index (Phi) is 5.52. The predicted molar refractivity (Wildman–Crippen MR) is 73.3 cm³/mol. The highest BCUT2D eigenvalue weighted by molar-refractivity contribution is 14.1. The summed E-state index contributed by atoms with van der Waals surface area (Å²) in [6.07, 6.45) is 0.